The number of aliphatic hydroxyl groups excluding tert-OH is 2. The van der Waals surface area contributed by atoms with Gasteiger partial charge in [-0.05, 0) is 116 Å². The summed E-state index contributed by atoms with van der Waals surface area (Å²) in [6.45, 7) is 4.19. The van der Waals surface area contributed by atoms with Crippen molar-refractivity contribution >= 4 is 5.91 Å². The molecule has 0 saturated carbocycles. The summed E-state index contributed by atoms with van der Waals surface area (Å²) >= 11 is 0. The lowest BCUT2D eigenvalue weighted by molar-refractivity contribution is -0.123. The molecule has 0 rings (SSSR count). The molecule has 3 N–H and O–H groups in total. The number of carbonyl (C=O) groups excluding carboxylic acids is 1. The molecule has 4 heteroatoms. The molecule has 0 aromatic rings. The van der Waals surface area contributed by atoms with Gasteiger partial charge in [-0.25, -0.2) is 0 Å². The number of unbranched alkanes of at least 4 members (excludes halogenated alkanes) is 28. The average Bonchev–Trinajstić information content (AvgIpc) is 3.42. The SMILES string of the molecule is CC/C=C\C/C=C\C/C=C\C/C=C\C/C=C\C/C=C\C/C=C\C/C=C\C/C=C\CCCCCCCCCCCC(=O)NC(CO)C(O)/C=C/CC/C=C/CC/C=C/CCCCCCCCCCCCCCCCCCC. The smallest absolute Gasteiger partial charge is 0.220 e. The number of nitrogens with one attached hydrogen (secondary N) is 1. The molecule has 0 aliphatic rings. The van der Waals surface area contributed by atoms with Gasteiger partial charge in [0.05, 0.1) is 18.8 Å². The molecule has 76 heavy (non-hydrogen) atoms. The molecule has 2 atom stereocenters. The normalized spacial score (nSPS) is 13.8. The van der Waals surface area contributed by atoms with Crippen molar-refractivity contribution in [1.29, 1.82) is 0 Å². The Morgan fingerprint density at radius 3 is 0.921 bits per heavy atom. The van der Waals surface area contributed by atoms with E-state index in [4.69, 9.17) is 0 Å². The van der Waals surface area contributed by atoms with Crippen LogP contribution in [0.2, 0.25) is 0 Å². The van der Waals surface area contributed by atoms with E-state index >= 15 is 0 Å². The third-order valence-electron chi connectivity index (χ3n) is 13.8. The van der Waals surface area contributed by atoms with Gasteiger partial charge in [0, 0.05) is 6.42 Å². The van der Waals surface area contributed by atoms with Gasteiger partial charge in [0.2, 0.25) is 5.91 Å². The molecule has 1 amide bonds. The van der Waals surface area contributed by atoms with E-state index in [2.05, 4.69) is 153 Å². The third kappa shape index (κ3) is 61.1. The molecule has 0 saturated heterocycles. The fourth-order valence-corrected chi connectivity index (χ4v) is 8.97. The topological polar surface area (TPSA) is 69.6 Å². The zero-order valence-corrected chi connectivity index (χ0v) is 49.7. The number of carbonyl (C=O) groups is 1. The Morgan fingerprint density at radius 1 is 0.329 bits per heavy atom. The fourth-order valence-electron chi connectivity index (χ4n) is 8.97. The van der Waals surface area contributed by atoms with Crippen LogP contribution >= 0.6 is 0 Å². The molecular weight excluding hydrogens is 927 g/mol. The van der Waals surface area contributed by atoms with Gasteiger partial charge in [0.1, 0.15) is 0 Å². The van der Waals surface area contributed by atoms with E-state index < -0.39 is 12.1 Å². The first-order valence-electron chi connectivity index (χ1n) is 32.0. The number of allylic oxidation sites excluding steroid dienone is 23. The number of aliphatic hydroxyl groups is 2. The number of hydrogen-bond donors (Lipinski definition) is 3. The van der Waals surface area contributed by atoms with Crippen molar-refractivity contribution in [2.45, 2.75) is 296 Å². The van der Waals surface area contributed by atoms with Crippen LogP contribution in [0.4, 0.5) is 0 Å². The van der Waals surface area contributed by atoms with Crippen LogP contribution in [-0.2, 0) is 4.79 Å². The van der Waals surface area contributed by atoms with Crippen molar-refractivity contribution < 1.29 is 15.0 Å². The second-order valence-electron chi connectivity index (χ2n) is 21.1. The van der Waals surface area contributed by atoms with Crippen LogP contribution in [0, 0.1) is 0 Å². The van der Waals surface area contributed by atoms with Crippen molar-refractivity contribution in [3.63, 3.8) is 0 Å². The van der Waals surface area contributed by atoms with Gasteiger partial charge in [-0.15, -0.1) is 0 Å². The molecule has 0 fully saturated rings. The average molecular weight is 1050 g/mol. The quantitative estimate of drug-likeness (QED) is 0.0420. The van der Waals surface area contributed by atoms with Crippen LogP contribution in [0.1, 0.15) is 284 Å². The summed E-state index contributed by atoms with van der Waals surface area (Å²) in [6, 6.07) is -0.661. The van der Waals surface area contributed by atoms with Crippen LogP contribution in [0.5, 0.6) is 0 Å². The summed E-state index contributed by atoms with van der Waals surface area (Å²) in [5.41, 5.74) is 0. The molecule has 0 aliphatic carbocycles. The fraction of sp³-hybridized carbons (Fsp3) is 0.653. The van der Waals surface area contributed by atoms with Crippen LogP contribution in [0.25, 0.3) is 0 Å². The first-order chi connectivity index (χ1) is 37.7. The Hall–Kier alpha value is -3.73. The summed E-state index contributed by atoms with van der Waals surface area (Å²) < 4.78 is 0. The first kappa shape index (κ1) is 72.3. The minimum absolute atomic E-state index is 0.0886. The highest BCUT2D eigenvalue weighted by atomic mass is 16.3. The van der Waals surface area contributed by atoms with E-state index in [1.54, 1.807) is 6.08 Å². The summed E-state index contributed by atoms with van der Waals surface area (Å²) in [6.07, 6.45) is 103. The molecule has 4 nitrogen and oxygen atoms in total. The Balaban J connectivity index is 3.64. The highest BCUT2D eigenvalue weighted by Crippen LogP contribution is 2.16. The molecule has 0 aromatic carbocycles. The van der Waals surface area contributed by atoms with Crippen molar-refractivity contribution in [2.24, 2.45) is 0 Å². The summed E-state index contributed by atoms with van der Waals surface area (Å²) in [5.74, 6) is -0.0886. The van der Waals surface area contributed by atoms with Crippen molar-refractivity contribution in [2.75, 3.05) is 6.61 Å². The van der Waals surface area contributed by atoms with Gasteiger partial charge in [-0.3, -0.25) is 4.79 Å². The monoisotopic (exact) mass is 1050 g/mol. The number of amides is 1. The summed E-state index contributed by atoms with van der Waals surface area (Å²) in [4.78, 5) is 12.5. The predicted molar refractivity (Wildman–Crippen MR) is 340 cm³/mol. The van der Waals surface area contributed by atoms with E-state index in [1.165, 1.54) is 161 Å². The highest BCUT2D eigenvalue weighted by Gasteiger charge is 2.18. The van der Waals surface area contributed by atoms with Crippen LogP contribution in [-0.4, -0.2) is 34.9 Å². The molecule has 0 radical (unpaired) electrons. The Kier molecular flexibility index (Phi) is 62.3. The maximum absolute atomic E-state index is 12.5. The number of rotatable bonds is 57. The predicted octanol–water partition coefficient (Wildman–Crippen LogP) is 21.9. The largest absolute Gasteiger partial charge is 0.394 e. The van der Waals surface area contributed by atoms with E-state index in [9.17, 15) is 15.0 Å². The molecule has 0 bridgehead atoms. The Labute approximate surface area is 472 Å². The molecule has 432 valence electrons. The third-order valence-corrected chi connectivity index (χ3v) is 13.8. The minimum atomic E-state index is -0.885. The van der Waals surface area contributed by atoms with Gasteiger partial charge >= 0.3 is 0 Å². The van der Waals surface area contributed by atoms with Gasteiger partial charge in [0.15, 0.2) is 0 Å². The second-order valence-corrected chi connectivity index (χ2v) is 21.1. The van der Waals surface area contributed by atoms with Crippen LogP contribution in [0.3, 0.4) is 0 Å². The van der Waals surface area contributed by atoms with E-state index in [0.717, 1.165) is 103 Å². The molecule has 2 unspecified atom stereocenters. The maximum atomic E-state index is 12.5. The van der Waals surface area contributed by atoms with Crippen molar-refractivity contribution in [3.05, 3.63) is 146 Å². The highest BCUT2D eigenvalue weighted by molar-refractivity contribution is 5.76. The zero-order chi connectivity index (χ0) is 54.8. The van der Waals surface area contributed by atoms with Gasteiger partial charge in [-0.2, -0.15) is 0 Å². The zero-order valence-electron chi connectivity index (χ0n) is 49.7. The Morgan fingerprint density at radius 2 is 0.592 bits per heavy atom. The molecular formula is C72H121NO3. The summed E-state index contributed by atoms with van der Waals surface area (Å²) in [7, 11) is 0. The lowest BCUT2D eigenvalue weighted by atomic mass is 10.0. The van der Waals surface area contributed by atoms with Crippen molar-refractivity contribution in [1.82, 2.24) is 5.32 Å². The van der Waals surface area contributed by atoms with E-state index in [-0.39, 0.29) is 12.5 Å². The standard InChI is InChI=1S/C72H121NO3/c1-3-5-7-9-11-13-15-17-19-21-23-25-27-29-31-32-33-34-35-36-37-38-39-40-42-44-46-48-50-52-54-56-58-60-62-64-66-68-72(76)73-70(69-74)71(75)67-65-63-61-59-57-55-53-51-49-47-45-43-41-30-28-26-24-22-20-18-16-14-12-10-8-6-4-2/h5,7,11,13,17,19,23,25,29,31,33-34,36-37,39-40,44,46,49,51,57,59,65,67,70-71,74-75H,3-4,6,8-10,12,14-16,18,20-22,24,26-28,30,32,35,38,41-43,45,47-48,50,52-56,58,60-64,66,68-69H2,1-2H3,(H,73,76)/b7-5-,13-11-,19-17-,25-23-,31-29-,34-33-,37-36-,40-39-,46-44-,51-49+,59-57+,67-65+. The number of hydrogen-bond acceptors (Lipinski definition) is 3. The first-order valence-corrected chi connectivity index (χ1v) is 32.0. The molecule has 0 aromatic heterocycles. The van der Waals surface area contributed by atoms with Crippen molar-refractivity contribution in [3.8, 4) is 0 Å². The molecule has 0 aliphatic heterocycles. The van der Waals surface area contributed by atoms with Crippen LogP contribution in [0.15, 0.2) is 146 Å². The van der Waals surface area contributed by atoms with E-state index in [0.29, 0.717) is 6.42 Å². The van der Waals surface area contributed by atoms with Gasteiger partial charge in [0.25, 0.3) is 0 Å². The van der Waals surface area contributed by atoms with Gasteiger partial charge in [-0.1, -0.05) is 307 Å². The lowest BCUT2D eigenvalue weighted by Crippen LogP contribution is -2.45. The second kappa shape index (κ2) is 65.6. The summed E-state index contributed by atoms with van der Waals surface area (Å²) in [5, 5.41) is 23.2. The molecule has 0 spiro atoms. The van der Waals surface area contributed by atoms with E-state index in [1.807, 2.05) is 6.08 Å². The van der Waals surface area contributed by atoms with Crippen LogP contribution < -0.4 is 5.32 Å². The maximum Gasteiger partial charge on any atom is 0.220 e. The van der Waals surface area contributed by atoms with Gasteiger partial charge < -0.3 is 15.5 Å². The lowest BCUT2D eigenvalue weighted by Gasteiger charge is -2.19. The minimum Gasteiger partial charge on any atom is -0.394 e. The molecule has 0 heterocycles. The Bertz CT molecular complexity index is 1560.